The lowest BCUT2D eigenvalue weighted by Gasteiger charge is -2.41. The topological polar surface area (TPSA) is 29.5 Å². The Labute approximate surface area is 115 Å². The van der Waals surface area contributed by atoms with E-state index in [2.05, 4.69) is 26.8 Å². The van der Waals surface area contributed by atoms with Crippen LogP contribution in [0.3, 0.4) is 0 Å². The van der Waals surface area contributed by atoms with E-state index in [9.17, 15) is 5.11 Å². The Balaban J connectivity index is 1.91. The second kappa shape index (κ2) is 4.16. The van der Waals surface area contributed by atoms with E-state index in [1.54, 1.807) is 7.11 Å². The van der Waals surface area contributed by atoms with E-state index in [0.29, 0.717) is 17.1 Å². The summed E-state index contributed by atoms with van der Waals surface area (Å²) in [5, 5.41) is 9.98. The molecule has 0 amide bonds. The highest BCUT2D eigenvalue weighted by Crippen LogP contribution is 2.64. The van der Waals surface area contributed by atoms with E-state index < -0.39 is 0 Å². The number of ether oxygens (including phenoxy) is 1. The third kappa shape index (κ3) is 1.76. The zero-order chi connectivity index (χ0) is 13.8. The number of rotatable bonds is 2. The van der Waals surface area contributed by atoms with Crippen LogP contribution in [-0.4, -0.2) is 12.2 Å². The Kier molecular flexibility index (Phi) is 2.81. The summed E-state index contributed by atoms with van der Waals surface area (Å²) in [6.45, 7) is 7.24. The molecule has 2 aliphatic rings. The molecule has 1 N–H and O–H groups in total. The maximum atomic E-state index is 9.98. The van der Waals surface area contributed by atoms with Gasteiger partial charge in [0.2, 0.25) is 0 Å². The van der Waals surface area contributed by atoms with Gasteiger partial charge in [0.15, 0.2) is 11.5 Å². The van der Waals surface area contributed by atoms with Gasteiger partial charge in [-0.15, -0.1) is 0 Å². The molecule has 0 saturated heterocycles. The Morgan fingerprint density at radius 3 is 2.53 bits per heavy atom. The smallest absolute Gasteiger partial charge is 0.160 e. The standard InChI is InChI=1S/C17H24O2/c1-10-12-7-13(14(8-12)17(10,2)3)11-5-6-16(19-4)15(18)9-11/h5-6,9-10,12-14,18H,7-8H2,1-4H3/t10-,12+,13-,14-/m0/s1. The van der Waals surface area contributed by atoms with Crippen molar-refractivity contribution >= 4 is 0 Å². The minimum absolute atomic E-state index is 0.272. The lowest BCUT2D eigenvalue weighted by molar-refractivity contribution is 0.118. The van der Waals surface area contributed by atoms with E-state index in [1.165, 1.54) is 18.4 Å². The number of phenols is 1. The quantitative estimate of drug-likeness (QED) is 0.864. The average Bonchev–Trinajstić information content (AvgIpc) is 2.90. The van der Waals surface area contributed by atoms with Crippen LogP contribution in [-0.2, 0) is 0 Å². The van der Waals surface area contributed by atoms with Crippen molar-refractivity contribution < 1.29 is 9.84 Å². The summed E-state index contributed by atoms with van der Waals surface area (Å²) < 4.78 is 5.13. The van der Waals surface area contributed by atoms with Crippen LogP contribution in [0.2, 0.25) is 0 Å². The van der Waals surface area contributed by atoms with Crippen LogP contribution in [0.4, 0.5) is 0 Å². The van der Waals surface area contributed by atoms with Crippen molar-refractivity contribution in [2.75, 3.05) is 7.11 Å². The molecule has 0 aliphatic heterocycles. The lowest BCUT2D eigenvalue weighted by Crippen LogP contribution is -2.32. The summed E-state index contributed by atoms with van der Waals surface area (Å²) in [6.07, 6.45) is 2.63. The Hall–Kier alpha value is -1.18. The molecule has 0 radical (unpaired) electrons. The van der Waals surface area contributed by atoms with Gasteiger partial charge in [0.25, 0.3) is 0 Å². The van der Waals surface area contributed by atoms with Crippen molar-refractivity contribution in [2.24, 2.45) is 23.2 Å². The molecule has 0 spiro atoms. The molecule has 2 heteroatoms. The van der Waals surface area contributed by atoms with Crippen molar-refractivity contribution in [3.05, 3.63) is 23.8 Å². The molecular formula is C17H24O2. The first-order valence-corrected chi connectivity index (χ1v) is 7.32. The highest BCUT2D eigenvalue weighted by Gasteiger charge is 2.55. The zero-order valence-corrected chi connectivity index (χ0v) is 12.3. The summed E-state index contributed by atoms with van der Waals surface area (Å²) in [7, 11) is 1.59. The van der Waals surface area contributed by atoms with Gasteiger partial charge in [-0.1, -0.05) is 26.8 Å². The van der Waals surface area contributed by atoms with Crippen LogP contribution < -0.4 is 4.74 Å². The molecule has 2 fully saturated rings. The van der Waals surface area contributed by atoms with Crippen molar-refractivity contribution in [3.8, 4) is 11.5 Å². The van der Waals surface area contributed by atoms with Crippen LogP contribution in [0.5, 0.6) is 11.5 Å². The van der Waals surface area contributed by atoms with Crippen molar-refractivity contribution in [2.45, 2.75) is 39.5 Å². The fourth-order valence-electron chi connectivity index (χ4n) is 4.56. The van der Waals surface area contributed by atoms with E-state index in [4.69, 9.17) is 4.74 Å². The molecule has 0 heterocycles. The molecule has 2 saturated carbocycles. The molecule has 1 aromatic carbocycles. The van der Waals surface area contributed by atoms with Gasteiger partial charge in [-0.3, -0.25) is 0 Å². The van der Waals surface area contributed by atoms with Crippen LogP contribution in [0.15, 0.2) is 18.2 Å². The maximum Gasteiger partial charge on any atom is 0.160 e. The highest BCUT2D eigenvalue weighted by atomic mass is 16.5. The minimum Gasteiger partial charge on any atom is -0.504 e. The van der Waals surface area contributed by atoms with Gasteiger partial charge in [0.1, 0.15) is 0 Å². The summed E-state index contributed by atoms with van der Waals surface area (Å²) in [6, 6.07) is 5.93. The first kappa shape index (κ1) is 12.8. The Morgan fingerprint density at radius 1 is 1.26 bits per heavy atom. The number of fused-ring (bicyclic) bond motifs is 2. The van der Waals surface area contributed by atoms with Crippen LogP contribution in [0.1, 0.15) is 45.1 Å². The van der Waals surface area contributed by atoms with Gasteiger partial charge in [-0.05, 0) is 59.6 Å². The van der Waals surface area contributed by atoms with E-state index in [-0.39, 0.29) is 5.75 Å². The Bertz CT molecular complexity index is 492. The predicted molar refractivity (Wildman–Crippen MR) is 76.6 cm³/mol. The third-order valence-corrected chi connectivity index (χ3v) is 6.07. The van der Waals surface area contributed by atoms with Crippen LogP contribution >= 0.6 is 0 Å². The normalized spacial score (nSPS) is 35.6. The fourth-order valence-corrected chi connectivity index (χ4v) is 4.56. The summed E-state index contributed by atoms with van der Waals surface area (Å²) in [5.41, 5.74) is 1.70. The highest BCUT2D eigenvalue weighted by molar-refractivity contribution is 5.43. The van der Waals surface area contributed by atoms with Crippen molar-refractivity contribution in [3.63, 3.8) is 0 Å². The maximum absolute atomic E-state index is 9.98. The molecule has 2 aliphatic carbocycles. The molecule has 2 bridgehead atoms. The van der Waals surface area contributed by atoms with E-state index in [0.717, 1.165) is 17.8 Å². The molecule has 1 aromatic rings. The second-order valence-corrected chi connectivity index (χ2v) is 6.99. The zero-order valence-electron chi connectivity index (χ0n) is 12.3. The van der Waals surface area contributed by atoms with Gasteiger partial charge in [-0.25, -0.2) is 0 Å². The number of methoxy groups -OCH3 is 1. The second-order valence-electron chi connectivity index (χ2n) is 6.99. The molecule has 4 atom stereocenters. The van der Waals surface area contributed by atoms with Gasteiger partial charge < -0.3 is 9.84 Å². The van der Waals surface area contributed by atoms with Crippen LogP contribution in [0, 0.1) is 23.2 Å². The molecule has 0 aromatic heterocycles. The SMILES string of the molecule is COc1ccc([C@@H]2C[C@@H]3C[C@@H]2C(C)(C)[C@H]3C)cc1O. The molecular weight excluding hydrogens is 236 g/mol. The molecule has 3 rings (SSSR count). The van der Waals surface area contributed by atoms with E-state index >= 15 is 0 Å². The molecule has 19 heavy (non-hydrogen) atoms. The first-order chi connectivity index (χ1) is 8.95. The summed E-state index contributed by atoms with van der Waals surface area (Å²) in [5.74, 6) is 3.87. The number of aromatic hydroxyl groups is 1. The predicted octanol–water partition coefficient (Wildman–Crippen LogP) is 4.19. The number of hydrogen-bond donors (Lipinski definition) is 1. The summed E-state index contributed by atoms with van der Waals surface area (Å²) in [4.78, 5) is 0. The number of phenolic OH excluding ortho intramolecular Hbond substituents is 1. The van der Waals surface area contributed by atoms with E-state index in [1.807, 2.05) is 12.1 Å². The monoisotopic (exact) mass is 260 g/mol. The lowest BCUT2D eigenvalue weighted by atomic mass is 9.64. The number of benzene rings is 1. The van der Waals surface area contributed by atoms with Crippen molar-refractivity contribution in [1.29, 1.82) is 0 Å². The number of hydrogen-bond acceptors (Lipinski definition) is 2. The largest absolute Gasteiger partial charge is 0.504 e. The van der Waals surface area contributed by atoms with Gasteiger partial charge >= 0.3 is 0 Å². The fraction of sp³-hybridized carbons (Fsp3) is 0.647. The summed E-state index contributed by atoms with van der Waals surface area (Å²) >= 11 is 0. The first-order valence-electron chi connectivity index (χ1n) is 7.32. The van der Waals surface area contributed by atoms with Gasteiger partial charge in [0, 0.05) is 0 Å². The van der Waals surface area contributed by atoms with Crippen molar-refractivity contribution in [1.82, 2.24) is 0 Å². The Morgan fingerprint density at radius 2 is 2.00 bits per heavy atom. The van der Waals surface area contributed by atoms with Gasteiger partial charge in [-0.2, -0.15) is 0 Å². The average molecular weight is 260 g/mol. The van der Waals surface area contributed by atoms with Gasteiger partial charge in [0.05, 0.1) is 7.11 Å². The van der Waals surface area contributed by atoms with Crippen LogP contribution in [0.25, 0.3) is 0 Å². The minimum atomic E-state index is 0.272. The molecule has 104 valence electrons. The molecule has 2 nitrogen and oxygen atoms in total. The molecule has 0 unspecified atom stereocenters. The third-order valence-electron chi connectivity index (χ3n) is 6.07.